The molecule has 0 aromatic heterocycles. The minimum atomic E-state index is 0.635. The molecule has 0 aliphatic carbocycles. The van der Waals surface area contributed by atoms with E-state index in [1.807, 2.05) is 6.08 Å². The molecule has 0 amide bonds. The van der Waals surface area contributed by atoms with Crippen molar-refractivity contribution in [2.45, 2.75) is 86.0 Å². The van der Waals surface area contributed by atoms with Crippen molar-refractivity contribution >= 4 is 0 Å². The molecular formula is C24H41N. The predicted molar refractivity (Wildman–Crippen MR) is 116 cm³/mol. The highest BCUT2D eigenvalue weighted by atomic mass is 14.6. The molecule has 1 atom stereocenters. The molecule has 0 aromatic carbocycles. The van der Waals surface area contributed by atoms with E-state index in [1.165, 1.54) is 43.3 Å². The fourth-order valence-electron chi connectivity index (χ4n) is 2.81. The van der Waals surface area contributed by atoms with Crippen LogP contribution in [0.25, 0.3) is 0 Å². The topological polar surface area (TPSA) is 26.0 Å². The van der Waals surface area contributed by atoms with Crippen LogP contribution in [0.4, 0.5) is 0 Å². The second-order valence-corrected chi connectivity index (χ2v) is 7.36. The molecule has 142 valence electrons. The van der Waals surface area contributed by atoms with Crippen LogP contribution in [0.2, 0.25) is 0 Å². The maximum atomic E-state index is 6.14. The number of hydrogen-bond acceptors (Lipinski definition) is 1. The highest BCUT2D eigenvalue weighted by Crippen LogP contribution is 2.22. The molecule has 0 aliphatic rings. The molecule has 2 N–H and O–H groups in total. The van der Waals surface area contributed by atoms with Gasteiger partial charge in [-0.1, -0.05) is 75.6 Å². The van der Waals surface area contributed by atoms with E-state index >= 15 is 0 Å². The highest BCUT2D eigenvalue weighted by Gasteiger charge is 2.06. The Kier molecular flexibility index (Phi) is 13.9. The molecule has 1 heteroatoms. The molecule has 0 spiro atoms. The number of rotatable bonds is 13. The zero-order valence-electron chi connectivity index (χ0n) is 17.4. The molecule has 0 bridgehead atoms. The summed E-state index contributed by atoms with van der Waals surface area (Å²) in [6.45, 7) is 15.0. The van der Waals surface area contributed by atoms with E-state index in [9.17, 15) is 0 Å². The Morgan fingerprint density at radius 2 is 1.80 bits per heavy atom. The zero-order valence-corrected chi connectivity index (χ0v) is 17.4. The molecule has 0 heterocycles. The van der Waals surface area contributed by atoms with Crippen LogP contribution in [0, 0.1) is 5.92 Å². The predicted octanol–water partition coefficient (Wildman–Crippen LogP) is 7.63. The van der Waals surface area contributed by atoms with Gasteiger partial charge in [0.2, 0.25) is 0 Å². The average Bonchev–Trinajstić information content (AvgIpc) is 2.56. The van der Waals surface area contributed by atoms with Crippen molar-refractivity contribution < 1.29 is 0 Å². The van der Waals surface area contributed by atoms with E-state index in [-0.39, 0.29) is 0 Å². The van der Waals surface area contributed by atoms with Crippen LogP contribution >= 0.6 is 0 Å². The van der Waals surface area contributed by atoms with Crippen molar-refractivity contribution in [3.8, 4) is 0 Å². The average molecular weight is 344 g/mol. The fraction of sp³-hybridized carbons (Fsp3) is 0.583. The Labute approximate surface area is 157 Å². The summed E-state index contributed by atoms with van der Waals surface area (Å²) in [5.41, 5.74) is 10.9. The largest absolute Gasteiger partial charge is 0.399 e. The van der Waals surface area contributed by atoms with Crippen molar-refractivity contribution in [3.05, 3.63) is 59.4 Å². The molecular weight excluding hydrogens is 302 g/mol. The molecule has 0 fully saturated rings. The van der Waals surface area contributed by atoms with Crippen LogP contribution in [-0.2, 0) is 0 Å². The molecule has 0 radical (unpaired) electrons. The summed E-state index contributed by atoms with van der Waals surface area (Å²) in [7, 11) is 0. The molecule has 0 aromatic rings. The van der Waals surface area contributed by atoms with E-state index in [2.05, 4.69) is 65.5 Å². The lowest BCUT2D eigenvalue weighted by molar-refractivity contribution is 0.527. The minimum absolute atomic E-state index is 0.635. The van der Waals surface area contributed by atoms with Gasteiger partial charge in [0, 0.05) is 5.70 Å². The van der Waals surface area contributed by atoms with Crippen LogP contribution < -0.4 is 5.73 Å². The maximum absolute atomic E-state index is 6.14. The molecule has 1 unspecified atom stereocenters. The van der Waals surface area contributed by atoms with E-state index in [0.717, 1.165) is 30.5 Å². The van der Waals surface area contributed by atoms with Gasteiger partial charge in [0.15, 0.2) is 0 Å². The van der Waals surface area contributed by atoms with Crippen molar-refractivity contribution in [1.29, 1.82) is 0 Å². The van der Waals surface area contributed by atoms with Crippen LogP contribution in [0.3, 0.4) is 0 Å². The van der Waals surface area contributed by atoms with E-state index < -0.39 is 0 Å². The number of allylic oxidation sites excluding steroid dienone is 8. The smallest absolute Gasteiger partial charge is 0.0299 e. The van der Waals surface area contributed by atoms with Gasteiger partial charge in [0.05, 0.1) is 0 Å². The van der Waals surface area contributed by atoms with E-state index in [1.54, 1.807) is 0 Å². The summed E-state index contributed by atoms with van der Waals surface area (Å²) < 4.78 is 0. The summed E-state index contributed by atoms with van der Waals surface area (Å²) in [5, 5.41) is 0. The van der Waals surface area contributed by atoms with Gasteiger partial charge in [0.25, 0.3) is 0 Å². The second-order valence-electron chi connectivity index (χ2n) is 7.36. The third-order valence-electron chi connectivity index (χ3n) is 4.34. The summed E-state index contributed by atoms with van der Waals surface area (Å²) in [6, 6.07) is 0. The molecule has 0 aliphatic heterocycles. The van der Waals surface area contributed by atoms with Gasteiger partial charge in [-0.3, -0.25) is 0 Å². The fourth-order valence-corrected chi connectivity index (χ4v) is 2.81. The Hall–Kier alpha value is -1.50. The Bertz CT molecular complexity index is 488. The Balaban J connectivity index is 4.57. The summed E-state index contributed by atoms with van der Waals surface area (Å²) in [5.74, 6) is 0.635. The van der Waals surface area contributed by atoms with Crippen LogP contribution in [0.5, 0.6) is 0 Å². The zero-order chi connectivity index (χ0) is 19.1. The third kappa shape index (κ3) is 13.5. The van der Waals surface area contributed by atoms with Crippen molar-refractivity contribution in [2.24, 2.45) is 11.7 Å². The second kappa shape index (κ2) is 14.8. The van der Waals surface area contributed by atoms with Gasteiger partial charge in [-0.25, -0.2) is 0 Å². The summed E-state index contributed by atoms with van der Waals surface area (Å²) in [4.78, 5) is 0. The van der Waals surface area contributed by atoms with Gasteiger partial charge in [-0.2, -0.15) is 0 Å². The monoisotopic (exact) mass is 343 g/mol. The Morgan fingerprint density at radius 1 is 1.08 bits per heavy atom. The first-order chi connectivity index (χ1) is 11.9. The lowest BCUT2D eigenvalue weighted by Crippen LogP contribution is -2.03. The molecule has 25 heavy (non-hydrogen) atoms. The van der Waals surface area contributed by atoms with Crippen LogP contribution in [0.1, 0.15) is 86.0 Å². The minimum Gasteiger partial charge on any atom is -0.399 e. The van der Waals surface area contributed by atoms with Crippen molar-refractivity contribution in [3.63, 3.8) is 0 Å². The lowest BCUT2D eigenvalue weighted by atomic mass is 9.93. The van der Waals surface area contributed by atoms with Crippen LogP contribution in [-0.4, -0.2) is 0 Å². The third-order valence-corrected chi connectivity index (χ3v) is 4.34. The maximum Gasteiger partial charge on any atom is 0.0299 e. The lowest BCUT2D eigenvalue weighted by Gasteiger charge is -2.13. The summed E-state index contributed by atoms with van der Waals surface area (Å²) >= 11 is 0. The number of nitrogens with two attached hydrogens (primary N) is 1. The first kappa shape index (κ1) is 23.5. The quantitative estimate of drug-likeness (QED) is 0.270. The Morgan fingerprint density at radius 3 is 2.40 bits per heavy atom. The standard InChI is InChI=1S/C24H41N/c1-7-9-11-12-13-14-23(18-20(3)4)17-16-21(5)19-22(6)24(25)15-10-8-2/h10,13-15,18,21H,3,7-9,11-12,16-17,19,25H2,1-2,4-6H3/b14-13-,15-10-,23-18+,24-22-. The summed E-state index contributed by atoms with van der Waals surface area (Å²) in [6.07, 6.45) is 20.5. The van der Waals surface area contributed by atoms with Gasteiger partial charge in [-0.15, -0.1) is 0 Å². The SMILES string of the molecule is C=C(C)/C=C(\C=C/CCCCC)CCC(C)C/C(C)=C(N)/C=C\CC. The van der Waals surface area contributed by atoms with E-state index in [4.69, 9.17) is 5.73 Å². The van der Waals surface area contributed by atoms with E-state index in [0.29, 0.717) is 5.92 Å². The molecule has 0 saturated heterocycles. The molecule has 0 saturated carbocycles. The van der Waals surface area contributed by atoms with Gasteiger partial charge in [0.1, 0.15) is 0 Å². The van der Waals surface area contributed by atoms with Gasteiger partial charge in [-0.05, 0) is 69.9 Å². The van der Waals surface area contributed by atoms with Gasteiger partial charge >= 0.3 is 0 Å². The highest BCUT2D eigenvalue weighted by molar-refractivity contribution is 5.27. The van der Waals surface area contributed by atoms with Crippen LogP contribution in [0.15, 0.2) is 59.4 Å². The normalized spacial score (nSPS) is 15.0. The first-order valence-corrected chi connectivity index (χ1v) is 10.0. The number of hydrogen-bond donors (Lipinski definition) is 1. The van der Waals surface area contributed by atoms with Crippen molar-refractivity contribution in [1.82, 2.24) is 0 Å². The first-order valence-electron chi connectivity index (χ1n) is 10.0. The van der Waals surface area contributed by atoms with Crippen molar-refractivity contribution in [2.75, 3.05) is 0 Å². The molecule has 1 nitrogen and oxygen atoms in total. The molecule has 0 rings (SSSR count). The number of unbranched alkanes of at least 4 members (excludes halogenated alkanes) is 3. The van der Waals surface area contributed by atoms with Gasteiger partial charge < -0.3 is 5.73 Å².